The van der Waals surface area contributed by atoms with Gasteiger partial charge in [-0.05, 0) is 37.8 Å². The van der Waals surface area contributed by atoms with E-state index >= 15 is 0 Å². The Morgan fingerprint density at radius 1 is 1.30 bits per heavy atom. The number of hydrogen-bond donors (Lipinski definition) is 2. The molecule has 1 rings (SSSR count). The van der Waals surface area contributed by atoms with E-state index in [4.69, 9.17) is 5.73 Å². The lowest BCUT2D eigenvalue weighted by atomic mass is 9.95. The molecule has 20 heavy (non-hydrogen) atoms. The number of benzene rings is 1. The fourth-order valence-electron chi connectivity index (χ4n) is 2.12. The SMILES string of the molecule is CCCC(C)(N)C(=O)NC(C)c1ccc(CC)cc1.Cl. The molecule has 0 bridgehead atoms. The number of carbonyl (C=O) groups excluding carboxylic acids is 1. The van der Waals surface area contributed by atoms with Crippen molar-refractivity contribution in [3.05, 3.63) is 35.4 Å². The third kappa shape index (κ3) is 5.14. The van der Waals surface area contributed by atoms with Crippen LogP contribution in [0.15, 0.2) is 24.3 Å². The van der Waals surface area contributed by atoms with Crippen molar-refractivity contribution in [3.8, 4) is 0 Å². The summed E-state index contributed by atoms with van der Waals surface area (Å²) >= 11 is 0. The first-order valence-corrected chi connectivity index (χ1v) is 7.09. The largest absolute Gasteiger partial charge is 0.348 e. The summed E-state index contributed by atoms with van der Waals surface area (Å²) in [6, 6.07) is 8.32. The maximum atomic E-state index is 12.1. The molecule has 0 saturated carbocycles. The molecular formula is C16H27ClN2O. The van der Waals surface area contributed by atoms with E-state index in [1.807, 2.05) is 13.8 Å². The van der Waals surface area contributed by atoms with Gasteiger partial charge in [0, 0.05) is 0 Å². The molecule has 0 radical (unpaired) electrons. The topological polar surface area (TPSA) is 55.1 Å². The minimum Gasteiger partial charge on any atom is -0.348 e. The predicted octanol–water partition coefficient (Wildman–Crippen LogP) is 3.37. The van der Waals surface area contributed by atoms with E-state index in [2.05, 4.69) is 36.5 Å². The van der Waals surface area contributed by atoms with Gasteiger partial charge in [0.05, 0.1) is 11.6 Å². The molecule has 0 aromatic heterocycles. The number of rotatable bonds is 6. The summed E-state index contributed by atoms with van der Waals surface area (Å²) in [7, 11) is 0. The molecule has 0 heterocycles. The van der Waals surface area contributed by atoms with E-state index in [-0.39, 0.29) is 24.4 Å². The lowest BCUT2D eigenvalue weighted by molar-refractivity contribution is -0.126. The monoisotopic (exact) mass is 298 g/mol. The van der Waals surface area contributed by atoms with Crippen LogP contribution in [-0.2, 0) is 11.2 Å². The molecule has 0 aliphatic carbocycles. The molecule has 0 spiro atoms. The molecule has 0 saturated heterocycles. The Hall–Kier alpha value is -1.06. The van der Waals surface area contributed by atoms with E-state index < -0.39 is 5.54 Å². The molecule has 1 aromatic carbocycles. The van der Waals surface area contributed by atoms with Crippen molar-refractivity contribution in [1.29, 1.82) is 0 Å². The Morgan fingerprint density at radius 3 is 2.30 bits per heavy atom. The lowest BCUT2D eigenvalue weighted by Crippen LogP contribution is -2.52. The number of aryl methyl sites for hydroxylation is 1. The fraction of sp³-hybridized carbons (Fsp3) is 0.562. The van der Waals surface area contributed by atoms with Gasteiger partial charge in [-0.1, -0.05) is 44.5 Å². The Kier molecular flexibility index (Phi) is 7.84. The summed E-state index contributed by atoms with van der Waals surface area (Å²) in [5.41, 5.74) is 7.66. The summed E-state index contributed by atoms with van der Waals surface area (Å²) in [6.45, 7) is 7.94. The summed E-state index contributed by atoms with van der Waals surface area (Å²) in [5.74, 6) is -0.0820. The predicted molar refractivity (Wildman–Crippen MR) is 87.1 cm³/mol. The van der Waals surface area contributed by atoms with Gasteiger partial charge in [-0.3, -0.25) is 4.79 Å². The second kappa shape index (κ2) is 8.28. The third-order valence-electron chi connectivity index (χ3n) is 3.52. The van der Waals surface area contributed by atoms with Crippen molar-refractivity contribution in [2.45, 2.75) is 58.5 Å². The summed E-state index contributed by atoms with van der Waals surface area (Å²) in [4.78, 5) is 12.1. The lowest BCUT2D eigenvalue weighted by Gasteiger charge is -2.25. The van der Waals surface area contributed by atoms with Crippen LogP contribution < -0.4 is 11.1 Å². The van der Waals surface area contributed by atoms with E-state index in [9.17, 15) is 4.79 Å². The van der Waals surface area contributed by atoms with Crippen LogP contribution in [0.1, 0.15) is 57.7 Å². The maximum Gasteiger partial charge on any atom is 0.240 e. The number of carbonyl (C=O) groups is 1. The first-order chi connectivity index (χ1) is 8.90. The molecule has 0 aliphatic rings. The quantitative estimate of drug-likeness (QED) is 0.846. The van der Waals surface area contributed by atoms with E-state index in [0.29, 0.717) is 6.42 Å². The van der Waals surface area contributed by atoms with Gasteiger partial charge in [0.25, 0.3) is 0 Å². The van der Waals surface area contributed by atoms with Crippen molar-refractivity contribution in [3.63, 3.8) is 0 Å². The van der Waals surface area contributed by atoms with Crippen LogP contribution >= 0.6 is 12.4 Å². The second-order valence-electron chi connectivity index (χ2n) is 5.46. The summed E-state index contributed by atoms with van der Waals surface area (Å²) < 4.78 is 0. The van der Waals surface area contributed by atoms with Crippen molar-refractivity contribution in [2.75, 3.05) is 0 Å². The maximum absolute atomic E-state index is 12.1. The van der Waals surface area contributed by atoms with Crippen LogP contribution in [0.5, 0.6) is 0 Å². The van der Waals surface area contributed by atoms with Gasteiger partial charge in [-0.15, -0.1) is 12.4 Å². The van der Waals surface area contributed by atoms with Crippen molar-refractivity contribution in [2.24, 2.45) is 5.73 Å². The van der Waals surface area contributed by atoms with Gasteiger partial charge in [0.15, 0.2) is 0 Å². The van der Waals surface area contributed by atoms with Gasteiger partial charge in [0.2, 0.25) is 5.91 Å². The highest BCUT2D eigenvalue weighted by Crippen LogP contribution is 2.16. The van der Waals surface area contributed by atoms with Crippen LogP contribution in [0.2, 0.25) is 0 Å². The normalized spacial score (nSPS) is 14.8. The Balaban J connectivity index is 0.00000361. The van der Waals surface area contributed by atoms with Crippen molar-refractivity contribution >= 4 is 18.3 Å². The minimum atomic E-state index is -0.785. The van der Waals surface area contributed by atoms with Gasteiger partial charge in [-0.2, -0.15) is 0 Å². The van der Waals surface area contributed by atoms with Gasteiger partial charge < -0.3 is 11.1 Å². The fourth-order valence-corrected chi connectivity index (χ4v) is 2.12. The highest BCUT2D eigenvalue weighted by molar-refractivity contribution is 5.86. The number of amides is 1. The zero-order chi connectivity index (χ0) is 14.5. The number of halogens is 1. The summed E-state index contributed by atoms with van der Waals surface area (Å²) in [5, 5.41) is 2.99. The molecule has 2 atom stereocenters. The average Bonchev–Trinajstić information content (AvgIpc) is 2.38. The molecule has 0 aliphatic heterocycles. The van der Waals surface area contributed by atoms with Crippen LogP contribution in [0.25, 0.3) is 0 Å². The average molecular weight is 299 g/mol. The molecule has 2 unspecified atom stereocenters. The van der Waals surface area contributed by atoms with Crippen LogP contribution in [0.4, 0.5) is 0 Å². The van der Waals surface area contributed by atoms with Crippen molar-refractivity contribution < 1.29 is 4.79 Å². The van der Waals surface area contributed by atoms with Crippen molar-refractivity contribution in [1.82, 2.24) is 5.32 Å². The Bertz CT molecular complexity index is 415. The second-order valence-corrected chi connectivity index (χ2v) is 5.46. The highest BCUT2D eigenvalue weighted by atomic mass is 35.5. The molecule has 3 nitrogen and oxygen atoms in total. The molecule has 1 aromatic rings. The smallest absolute Gasteiger partial charge is 0.240 e. The van der Waals surface area contributed by atoms with Crippen LogP contribution in [0, 0.1) is 0 Å². The third-order valence-corrected chi connectivity index (χ3v) is 3.52. The molecule has 1 amide bonds. The van der Waals surface area contributed by atoms with Gasteiger partial charge in [0.1, 0.15) is 0 Å². The van der Waals surface area contributed by atoms with Gasteiger partial charge >= 0.3 is 0 Å². The van der Waals surface area contributed by atoms with E-state index in [1.165, 1.54) is 5.56 Å². The molecule has 4 heteroatoms. The molecule has 114 valence electrons. The number of hydrogen-bond acceptors (Lipinski definition) is 2. The zero-order valence-electron chi connectivity index (χ0n) is 12.9. The van der Waals surface area contributed by atoms with E-state index in [1.54, 1.807) is 6.92 Å². The highest BCUT2D eigenvalue weighted by Gasteiger charge is 2.28. The Labute approximate surface area is 128 Å². The minimum absolute atomic E-state index is 0. The number of nitrogens with two attached hydrogens (primary N) is 1. The Morgan fingerprint density at radius 2 is 1.85 bits per heavy atom. The standard InChI is InChI=1S/C16H26N2O.ClH/c1-5-11-16(4,17)15(19)18-12(3)14-9-7-13(6-2)8-10-14;/h7-10,12H,5-6,11,17H2,1-4H3,(H,18,19);1H. The van der Waals surface area contributed by atoms with Crippen LogP contribution in [-0.4, -0.2) is 11.4 Å². The molecular weight excluding hydrogens is 272 g/mol. The molecule has 3 N–H and O–H groups in total. The molecule has 0 fully saturated rings. The van der Waals surface area contributed by atoms with Gasteiger partial charge in [-0.25, -0.2) is 0 Å². The summed E-state index contributed by atoms with van der Waals surface area (Å²) in [6.07, 6.45) is 2.62. The first-order valence-electron chi connectivity index (χ1n) is 7.09. The number of nitrogens with one attached hydrogen (secondary N) is 1. The zero-order valence-corrected chi connectivity index (χ0v) is 13.7. The first kappa shape index (κ1) is 18.9. The van der Waals surface area contributed by atoms with Crippen LogP contribution in [0.3, 0.4) is 0 Å². The van der Waals surface area contributed by atoms with E-state index in [0.717, 1.165) is 18.4 Å².